The summed E-state index contributed by atoms with van der Waals surface area (Å²) in [7, 11) is 0. The van der Waals surface area contributed by atoms with E-state index in [1.54, 1.807) is 0 Å². The minimum Gasteiger partial charge on any atom is -0.335 e. The molecule has 1 aromatic rings. The molecule has 0 unspecified atom stereocenters. The van der Waals surface area contributed by atoms with Crippen LogP contribution in [0.2, 0.25) is 0 Å². The van der Waals surface area contributed by atoms with Gasteiger partial charge in [0, 0.05) is 19.1 Å². The Morgan fingerprint density at radius 3 is 2.59 bits per heavy atom. The van der Waals surface area contributed by atoms with Gasteiger partial charge in [-0.1, -0.05) is 67.1 Å². The van der Waals surface area contributed by atoms with Gasteiger partial charge in [0.15, 0.2) is 0 Å². The fraction of sp³-hybridized carbons (Fsp3) is 0.500. The highest BCUT2D eigenvalue weighted by Gasteiger charge is 2.36. The number of carbonyl (C=O) groups is 1. The lowest BCUT2D eigenvalue weighted by atomic mass is 9.97. The van der Waals surface area contributed by atoms with Crippen molar-refractivity contribution in [2.45, 2.75) is 58.4 Å². The van der Waals surface area contributed by atoms with E-state index in [2.05, 4.69) is 73.1 Å². The summed E-state index contributed by atoms with van der Waals surface area (Å²) in [6, 6.07) is 11.0. The zero-order valence-corrected chi connectivity index (χ0v) is 18.1. The lowest BCUT2D eigenvalue weighted by Crippen LogP contribution is -2.44. The Hall–Kier alpha value is -2.13. The quantitative estimate of drug-likeness (QED) is 0.596. The van der Waals surface area contributed by atoms with Crippen molar-refractivity contribution in [1.82, 2.24) is 10.2 Å². The van der Waals surface area contributed by atoms with Gasteiger partial charge in [-0.15, -0.1) is 0 Å². The summed E-state index contributed by atoms with van der Waals surface area (Å²) in [5.41, 5.74) is 5.00. The Morgan fingerprint density at radius 1 is 1.21 bits per heavy atom. The standard InChI is InChI=1S/C26H36N2O/c1-4-22(17-23-9-6-5-7-10-23)16-20(2)15-21(3)19-28(25-12-13-25)26(29)24-11-8-14-27-18-24/h5-7,9-10,15-16,24-25,27H,3-4,8,11-14,17-19H2,1-2H3/b20-15-,22-16+/t24-/m1/s1. The van der Waals surface area contributed by atoms with Crippen molar-refractivity contribution >= 4 is 5.91 Å². The molecular formula is C26H36N2O. The Kier molecular flexibility index (Phi) is 7.88. The Morgan fingerprint density at radius 2 is 1.97 bits per heavy atom. The number of allylic oxidation sites excluding steroid dienone is 3. The van der Waals surface area contributed by atoms with Gasteiger partial charge in [-0.05, 0) is 63.1 Å². The van der Waals surface area contributed by atoms with Crippen LogP contribution in [-0.2, 0) is 11.2 Å². The second-order valence-corrected chi connectivity index (χ2v) is 8.61. The number of nitrogens with one attached hydrogen (secondary N) is 1. The van der Waals surface area contributed by atoms with Gasteiger partial charge in [0.25, 0.3) is 0 Å². The first-order valence-corrected chi connectivity index (χ1v) is 11.2. The molecule has 1 heterocycles. The van der Waals surface area contributed by atoms with E-state index in [0.717, 1.165) is 57.2 Å². The van der Waals surface area contributed by atoms with Crippen LogP contribution in [-0.4, -0.2) is 36.5 Å². The number of hydrogen-bond donors (Lipinski definition) is 1. The van der Waals surface area contributed by atoms with Crippen LogP contribution in [0.3, 0.4) is 0 Å². The van der Waals surface area contributed by atoms with E-state index in [9.17, 15) is 4.79 Å². The number of hydrogen-bond acceptors (Lipinski definition) is 2. The van der Waals surface area contributed by atoms with E-state index in [1.165, 1.54) is 16.7 Å². The van der Waals surface area contributed by atoms with E-state index < -0.39 is 0 Å². The van der Waals surface area contributed by atoms with Crippen LogP contribution < -0.4 is 5.32 Å². The molecule has 1 aliphatic carbocycles. The van der Waals surface area contributed by atoms with Crippen molar-refractivity contribution < 1.29 is 4.79 Å². The number of rotatable bonds is 9. The molecular weight excluding hydrogens is 356 g/mol. The van der Waals surface area contributed by atoms with Crippen molar-refractivity contribution in [2.24, 2.45) is 5.92 Å². The summed E-state index contributed by atoms with van der Waals surface area (Å²) in [6.45, 7) is 11.1. The first-order valence-electron chi connectivity index (χ1n) is 11.2. The molecule has 3 nitrogen and oxygen atoms in total. The van der Waals surface area contributed by atoms with Crippen LogP contribution in [0.1, 0.15) is 51.5 Å². The van der Waals surface area contributed by atoms with Gasteiger partial charge >= 0.3 is 0 Å². The van der Waals surface area contributed by atoms with E-state index in [1.807, 2.05) is 0 Å². The third kappa shape index (κ3) is 6.71. The summed E-state index contributed by atoms with van der Waals surface area (Å²) in [4.78, 5) is 15.1. The third-order valence-corrected chi connectivity index (χ3v) is 5.88. The molecule has 29 heavy (non-hydrogen) atoms. The molecule has 3 heteroatoms. The van der Waals surface area contributed by atoms with Crippen LogP contribution in [0.5, 0.6) is 0 Å². The Balaban J connectivity index is 1.61. The van der Waals surface area contributed by atoms with Crippen molar-refractivity contribution in [3.8, 4) is 0 Å². The average molecular weight is 393 g/mol. The van der Waals surface area contributed by atoms with Crippen LogP contribution in [0, 0.1) is 5.92 Å². The normalized spacial score (nSPS) is 20.4. The van der Waals surface area contributed by atoms with Gasteiger partial charge in [-0.25, -0.2) is 0 Å². The summed E-state index contributed by atoms with van der Waals surface area (Å²) < 4.78 is 0. The van der Waals surface area contributed by atoms with Crippen molar-refractivity contribution in [3.05, 3.63) is 71.3 Å². The van der Waals surface area contributed by atoms with Crippen LogP contribution in [0.25, 0.3) is 0 Å². The van der Waals surface area contributed by atoms with Crippen LogP contribution >= 0.6 is 0 Å². The minimum atomic E-state index is 0.139. The molecule has 1 saturated carbocycles. The lowest BCUT2D eigenvalue weighted by molar-refractivity contribution is -0.136. The van der Waals surface area contributed by atoms with E-state index in [0.29, 0.717) is 18.5 Å². The van der Waals surface area contributed by atoms with Gasteiger partial charge in [-0.2, -0.15) is 0 Å². The second kappa shape index (κ2) is 10.6. The average Bonchev–Trinajstić information content (AvgIpc) is 3.57. The van der Waals surface area contributed by atoms with Crippen molar-refractivity contribution in [3.63, 3.8) is 0 Å². The highest BCUT2D eigenvalue weighted by Crippen LogP contribution is 2.30. The van der Waals surface area contributed by atoms with Crippen molar-refractivity contribution in [2.75, 3.05) is 19.6 Å². The minimum absolute atomic E-state index is 0.139. The molecule has 156 valence electrons. The molecule has 1 amide bonds. The number of carbonyl (C=O) groups excluding carboxylic acids is 1. The predicted octanol–water partition coefficient (Wildman–Crippen LogP) is 5.06. The number of amides is 1. The van der Waals surface area contributed by atoms with Gasteiger partial charge in [-0.3, -0.25) is 4.79 Å². The van der Waals surface area contributed by atoms with E-state index >= 15 is 0 Å². The molecule has 0 bridgehead atoms. The fourth-order valence-electron chi connectivity index (χ4n) is 4.16. The Bertz CT molecular complexity index is 752. The second-order valence-electron chi connectivity index (χ2n) is 8.61. The van der Waals surface area contributed by atoms with Gasteiger partial charge in [0.2, 0.25) is 5.91 Å². The molecule has 1 aliphatic heterocycles. The maximum Gasteiger partial charge on any atom is 0.227 e. The molecule has 1 N–H and O–H groups in total. The first kappa shape index (κ1) is 21.6. The zero-order valence-electron chi connectivity index (χ0n) is 18.1. The van der Waals surface area contributed by atoms with Crippen LogP contribution in [0.4, 0.5) is 0 Å². The van der Waals surface area contributed by atoms with Gasteiger partial charge in [0.05, 0.1) is 5.92 Å². The molecule has 0 aromatic heterocycles. The molecule has 1 saturated heterocycles. The summed E-state index contributed by atoms with van der Waals surface area (Å²) in [5.74, 6) is 0.459. The maximum absolute atomic E-state index is 13.0. The molecule has 3 rings (SSSR count). The molecule has 2 aliphatic rings. The number of piperidine rings is 1. The summed E-state index contributed by atoms with van der Waals surface area (Å²) in [6.07, 6.45) is 10.8. The molecule has 1 aromatic carbocycles. The van der Waals surface area contributed by atoms with E-state index in [-0.39, 0.29) is 5.92 Å². The predicted molar refractivity (Wildman–Crippen MR) is 122 cm³/mol. The van der Waals surface area contributed by atoms with Crippen LogP contribution in [0.15, 0.2) is 65.8 Å². The highest BCUT2D eigenvalue weighted by atomic mass is 16.2. The SMILES string of the molecule is C=C(/C=C(C)\C=C(/CC)Cc1ccccc1)CN(C(=O)[C@@H]1CCCNC1)C1CC1. The maximum atomic E-state index is 13.0. The van der Waals surface area contributed by atoms with E-state index in [4.69, 9.17) is 0 Å². The topological polar surface area (TPSA) is 32.3 Å². The zero-order chi connectivity index (χ0) is 20.6. The van der Waals surface area contributed by atoms with Gasteiger partial charge < -0.3 is 10.2 Å². The number of benzene rings is 1. The van der Waals surface area contributed by atoms with Gasteiger partial charge in [0.1, 0.15) is 0 Å². The molecule has 2 fully saturated rings. The smallest absolute Gasteiger partial charge is 0.227 e. The molecule has 0 spiro atoms. The Labute approximate surface area is 176 Å². The molecule has 1 atom stereocenters. The first-order chi connectivity index (χ1) is 14.1. The molecule has 0 radical (unpaired) electrons. The highest BCUT2D eigenvalue weighted by molar-refractivity contribution is 5.80. The largest absolute Gasteiger partial charge is 0.335 e. The third-order valence-electron chi connectivity index (χ3n) is 5.88. The number of nitrogens with zero attached hydrogens (tertiary/aromatic N) is 1. The van der Waals surface area contributed by atoms with Crippen molar-refractivity contribution in [1.29, 1.82) is 0 Å². The lowest BCUT2D eigenvalue weighted by Gasteiger charge is -2.30. The monoisotopic (exact) mass is 392 g/mol. The summed E-state index contributed by atoms with van der Waals surface area (Å²) in [5, 5.41) is 3.37. The fourth-order valence-corrected chi connectivity index (χ4v) is 4.16. The summed E-state index contributed by atoms with van der Waals surface area (Å²) >= 11 is 0.